The Kier molecular flexibility index (Phi) is 2.64. The van der Waals surface area contributed by atoms with Crippen LogP contribution in [0.1, 0.15) is 27.2 Å². The van der Waals surface area contributed by atoms with Gasteiger partial charge in [0.2, 0.25) is 10.0 Å². The third kappa shape index (κ3) is 2.13. The van der Waals surface area contributed by atoms with Crippen LogP contribution in [0, 0.1) is 5.41 Å². The van der Waals surface area contributed by atoms with Gasteiger partial charge in [-0.3, -0.25) is 4.90 Å². The van der Waals surface area contributed by atoms with Crippen molar-refractivity contribution >= 4 is 10.0 Å². The van der Waals surface area contributed by atoms with E-state index in [-0.39, 0.29) is 11.0 Å². The van der Waals surface area contributed by atoms with Crippen LogP contribution in [0.4, 0.5) is 0 Å². The van der Waals surface area contributed by atoms with Crippen molar-refractivity contribution < 1.29 is 8.42 Å². The normalized spacial score (nSPS) is 27.2. The highest BCUT2D eigenvalue weighted by molar-refractivity contribution is 7.88. The molecule has 0 amide bonds. The molecule has 0 aromatic heterocycles. The van der Waals surface area contributed by atoms with Gasteiger partial charge in [-0.25, -0.2) is 12.7 Å². The molecule has 0 saturated carbocycles. The van der Waals surface area contributed by atoms with E-state index in [1.165, 1.54) is 6.26 Å². The molecule has 0 atom stereocenters. The minimum absolute atomic E-state index is 0.203. The molecule has 94 valence electrons. The Morgan fingerprint density at radius 1 is 1.12 bits per heavy atom. The van der Waals surface area contributed by atoms with Gasteiger partial charge < -0.3 is 0 Å². The van der Waals surface area contributed by atoms with Crippen LogP contribution in [0.25, 0.3) is 0 Å². The Bertz CT molecular complexity index is 377. The lowest BCUT2D eigenvalue weighted by molar-refractivity contribution is 0.0610. The van der Waals surface area contributed by atoms with E-state index in [2.05, 4.69) is 25.7 Å². The first-order valence-corrected chi connectivity index (χ1v) is 7.68. The van der Waals surface area contributed by atoms with Crippen molar-refractivity contribution in [2.75, 3.05) is 32.4 Å². The largest absolute Gasteiger partial charge is 0.298 e. The number of hydrogen-bond donors (Lipinski definition) is 0. The monoisotopic (exact) mass is 246 g/mol. The van der Waals surface area contributed by atoms with E-state index in [0.29, 0.717) is 0 Å². The Balaban J connectivity index is 1.97. The first-order valence-electron chi connectivity index (χ1n) is 5.83. The van der Waals surface area contributed by atoms with E-state index >= 15 is 0 Å². The molecule has 5 heteroatoms. The summed E-state index contributed by atoms with van der Waals surface area (Å²) in [5.41, 5.74) is 0.450. The van der Waals surface area contributed by atoms with Gasteiger partial charge in [0.05, 0.1) is 6.26 Å². The molecular weight excluding hydrogens is 224 g/mol. The summed E-state index contributed by atoms with van der Waals surface area (Å²) < 4.78 is 24.3. The highest BCUT2D eigenvalue weighted by Crippen LogP contribution is 2.42. The fourth-order valence-corrected chi connectivity index (χ4v) is 3.72. The lowest BCUT2D eigenvalue weighted by Crippen LogP contribution is -2.59. The zero-order chi connectivity index (χ0) is 12.2. The molecule has 0 aliphatic carbocycles. The summed E-state index contributed by atoms with van der Waals surface area (Å²) >= 11 is 0. The molecular formula is C11H22N2O2S. The molecule has 2 aliphatic heterocycles. The highest BCUT2D eigenvalue weighted by atomic mass is 32.2. The van der Waals surface area contributed by atoms with E-state index in [0.717, 1.165) is 32.6 Å². The second-order valence-electron chi connectivity index (χ2n) is 6.37. The van der Waals surface area contributed by atoms with Crippen LogP contribution >= 0.6 is 0 Å². The van der Waals surface area contributed by atoms with Gasteiger partial charge in [-0.15, -0.1) is 0 Å². The molecule has 0 bridgehead atoms. The second-order valence-corrected chi connectivity index (χ2v) is 8.36. The third-order valence-corrected chi connectivity index (χ3v) is 5.08. The maximum Gasteiger partial charge on any atom is 0.211 e. The molecule has 2 saturated heterocycles. The number of nitrogens with zero attached hydrogens (tertiary/aromatic N) is 2. The SMILES string of the molecule is CC(C)(C)N1CCC2(C1)CN(S(C)(=O)=O)C2. The van der Waals surface area contributed by atoms with Crippen molar-refractivity contribution in [3.63, 3.8) is 0 Å². The van der Waals surface area contributed by atoms with E-state index < -0.39 is 10.0 Å². The van der Waals surface area contributed by atoms with E-state index in [9.17, 15) is 8.42 Å². The van der Waals surface area contributed by atoms with Gasteiger partial charge in [0.25, 0.3) is 0 Å². The van der Waals surface area contributed by atoms with Gasteiger partial charge in [0, 0.05) is 30.6 Å². The predicted octanol–water partition coefficient (Wildman–Crippen LogP) is 0.752. The highest BCUT2D eigenvalue weighted by Gasteiger charge is 2.51. The Morgan fingerprint density at radius 2 is 1.69 bits per heavy atom. The van der Waals surface area contributed by atoms with Crippen molar-refractivity contribution in [2.45, 2.75) is 32.7 Å². The fraction of sp³-hybridized carbons (Fsp3) is 1.00. The van der Waals surface area contributed by atoms with Crippen LogP contribution in [0.5, 0.6) is 0 Å². The Labute approximate surface area is 98.7 Å². The van der Waals surface area contributed by atoms with Gasteiger partial charge in [-0.2, -0.15) is 0 Å². The van der Waals surface area contributed by atoms with E-state index in [1.807, 2.05) is 0 Å². The molecule has 2 rings (SSSR count). The summed E-state index contributed by atoms with van der Waals surface area (Å²) in [7, 11) is -2.97. The van der Waals surface area contributed by atoms with Crippen LogP contribution in [-0.4, -0.2) is 55.6 Å². The summed E-state index contributed by atoms with van der Waals surface area (Å²) in [6, 6.07) is 0. The lowest BCUT2D eigenvalue weighted by atomic mass is 9.81. The van der Waals surface area contributed by atoms with Crippen LogP contribution in [0.2, 0.25) is 0 Å². The molecule has 2 fully saturated rings. The molecule has 16 heavy (non-hydrogen) atoms. The zero-order valence-corrected chi connectivity index (χ0v) is 11.5. The molecule has 1 spiro atoms. The van der Waals surface area contributed by atoms with Crippen LogP contribution < -0.4 is 0 Å². The van der Waals surface area contributed by atoms with Gasteiger partial charge in [0.15, 0.2) is 0 Å². The van der Waals surface area contributed by atoms with Crippen molar-refractivity contribution in [1.82, 2.24) is 9.21 Å². The van der Waals surface area contributed by atoms with Gasteiger partial charge in [-0.05, 0) is 33.7 Å². The summed E-state index contributed by atoms with van der Waals surface area (Å²) in [6.07, 6.45) is 2.44. The van der Waals surface area contributed by atoms with Crippen LogP contribution in [-0.2, 0) is 10.0 Å². The third-order valence-electron chi connectivity index (χ3n) is 3.88. The van der Waals surface area contributed by atoms with Crippen molar-refractivity contribution in [3.05, 3.63) is 0 Å². The molecule has 0 aromatic rings. The average molecular weight is 246 g/mol. The van der Waals surface area contributed by atoms with Crippen molar-refractivity contribution in [2.24, 2.45) is 5.41 Å². The molecule has 0 aromatic carbocycles. The zero-order valence-electron chi connectivity index (χ0n) is 10.7. The fourth-order valence-electron chi connectivity index (χ4n) is 2.70. The molecule has 0 unspecified atom stereocenters. The number of rotatable bonds is 1. The Morgan fingerprint density at radius 3 is 2.06 bits per heavy atom. The van der Waals surface area contributed by atoms with Crippen molar-refractivity contribution in [3.8, 4) is 0 Å². The van der Waals surface area contributed by atoms with Gasteiger partial charge in [-0.1, -0.05) is 0 Å². The number of sulfonamides is 1. The summed E-state index contributed by atoms with van der Waals surface area (Å²) in [6.45, 7) is 10.2. The quantitative estimate of drug-likeness (QED) is 0.685. The number of likely N-dealkylation sites (tertiary alicyclic amines) is 1. The van der Waals surface area contributed by atoms with Gasteiger partial charge >= 0.3 is 0 Å². The smallest absolute Gasteiger partial charge is 0.211 e. The second kappa shape index (κ2) is 3.43. The first-order chi connectivity index (χ1) is 7.12. The molecule has 2 aliphatic rings. The average Bonchev–Trinajstić information content (AvgIpc) is 2.41. The van der Waals surface area contributed by atoms with Crippen LogP contribution in [0.3, 0.4) is 0 Å². The van der Waals surface area contributed by atoms with Crippen LogP contribution in [0.15, 0.2) is 0 Å². The summed E-state index contributed by atoms with van der Waals surface area (Å²) in [5.74, 6) is 0. The Hall–Kier alpha value is -0.130. The van der Waals surface area contributed by atoms with E-state index in [1.54, 1.807) is 4.31 Å². The topological polar surface area (TPSA) is 40.6 Å². The van der Waals surface area contributed by atoms with E-state index in [4.69, 9.17) is 0 Å². The predicted molar refractivity (Wildman–Crippen MR) is 64.8 cm³/mol. The van der Waals surface area contributed by atoms with Crippen molar-refractivity contribution in [1.29, 1.82) is 0 Å². The number of hydrogen-bond acceptors (Lipinski definition) is 3. The molecule has 0 radical (unpaired) electrons. The first kappa shape index (κ1) is 12.3. The van der Waals surface area contributed by atoms with Gasteiger partial charge in [0.1, 0.15) is 0 Å². The minimum atomic E-state index is -2.97. The maximum absolute atomic E-state index is 11.3. The molecule has 4 nitrogen and oxygen atoms in total. The maximum atomic E-state index is 11.3. The summed E-state index contributed by atoms with van der Waals surface area (Å²) in [4.78, 5) is 2.46. The molecule has 0 N–H and O–H groups in total. The minimum Gasteiger partial charge on any atom is -0.298 e. The summed E-state index contributed by atoms with van der Waals surface area (Å²) in [5, 5.41) is 0. The molecule has 2 heterocycles. The standard InChI is InChI=1S/C11H22N2O2S/c1-10(2,3)12-6-5-11(7-12)8-13(9-11)16(4,14)15/h5-9H2,1-4H3. The lowest BCUT2D eigenvalue weighted by Gasteiger charge is -2.47.